The molecule has 21 heavy (non-hydrogen) atoms. The van der Waals surface area contributed by atoms with Crippen LogP contribution < -0.4 is 4.31 Å². The number of thioether (sulfide) groups is 1. The molecule has 2 rings (SSSR count). The third-order valence-electron chi connectivity index (χ3n) is 3.16. The maximum atomic E-state index is 11.9. The lowest BCUT2D eigenvalue weighted by molar-refractivity contribution is -0.109. The topological polar surface area (TPSA) is 54.5 Å². The van der Waals surface area contributed by atoms with E-state index in [0.717, 1.165) is 23.4 Å². The van der Waals surface area contributed by atoms with Crippen molar-refractivity contribution in [2.45, 2.75) is 19.8 Å². The molecule has 0 amide bonds. The summed E-state index contributed by atoms with van der Waals surface area (Å²) in [6.07, 6.45) is 5.47. The quantitative estimate of drug-likeness (QED) is 0.781. The Hall–Kier alpha value is -1.27. The highest BCUT2D eigenvalue weighted by Crippen LogP contribution is 2.25. The predicted molar refractivity (Wildman–Crippen MR) is 89.0 cm³/mol. The molecule has 1 fully saturated rings. The fourth-order valence-corrected chi connectivity index (χ4v) is 4.30. The van der Waals surface area contributed by atoms with Crippen LogP contribution in [0.25, 0.3) is 6.08 Å². The Morgan fingerprint density at radius 2 is 2.24 bits per heavy atom. The van der Waals surface area contributed by atoms with Crippen molar-refractivity contribution >= 4 is 38.7 Å². The van der Waals surface area contributed by atoms with Crippen LogP contribution in [0.15, 0.2) is 30.3 Å². The molecule has 0 saturated carbocycles. The van der Waals surface area contributed by atoms with Crippen LogP contribution in [0.4, 0.5) is 5.69 Å². The van der Waals surface area contributed by atoms with Gasteiger partial charge in [0.05, 0.1) is 11.4 Å². The average molecular weight is 325 g/mol. The van der Waals surface area contributed by atoms with Crippen LogP contribution in [-0.4, -0.2) is 31.6 Å². The van der Waals surface area contributed by atoms with Gasteiger partial charge in [0.2, 0.25) is 10.0 Å². The monoisotopic (exact) mass is 325 g/mol. The zero-order valence-corrected chi connectivity index (χ0v) is 13.6. The third kappa shape index (κ3) is 4.61. The molecule has 0 atom stereocenters. The number of rotatable bonds is 5. The number of hydrogen-bond donors (Lipinski definition) is 0. The Morgan fingerprint density at radius 1 is 1.43 bits per heavy atom. The van der Waals surface area contributed by atoms with E-state index in [2.05, 4.69) is 0 Å². The van der Waals surface area contributed by atoms with Crippen molar-refractivity contribution in [3.63, 3.8) is 0 Å². The van der Waals surface area contributed by atoms with Gasteiger partial charge in [-0.15, -0.1) is 0 Å². The van der Waals surface area contributed by atoms with Crippen molar-refractivity contribution in [2.24, 2.45) is 0 Å². The molecule has 1 saturated heterocycles. The van der Waals surface area contributed by atoms with E-state index in [-0.39, 0.29) is 10.9 Å². The number of sulfonamides is 1. The van der Waals surface area contributed by atoms with Crippen LogP contribution in [0.5, 0.6) is 0 Å². The fraction of sp³-hybridized carbons (Fsp3) is 0.400. The highest BCUT2D eigenvalue weighted by atomic mass is 32.2. The standard InChI is InChI=1S/C15H19NO3S2/c1-13(17)20-10-3-2-6-14-7-4-8-15(12-14)16-9-5-11-21(16,18)19/h2,4,6-8,12H,3,5,9-11H2,1H3. The van der Waals surface area contributed by atoms with Crippen LogP contribution in [-0.2, 0) is 14.8 Å². The predicted octanol–water partition coefficient (Wildman–Crippen LogP) is 2.91. The molecule has 1 aliphatic heterocycles. The van der Waals surface area contributed by atoms with Crippen LogP contribution in [0.2, 0.25) is 0 Å². The minimum absolute atomic E-state index is 0.129. The van der Waals surface area contributed by atoms with Crippen molar-refractivity contribution in [2.75, 3.05) is 22.4 Å². The first kappa shape index (κ1) is 16.1. The zero-order chi connectivity index (χ0) is 15.3. The largest absolute Gasteiger partial charge is 0.288 e. The van der Waals surface area contributed by atoms with Crippen LogP contribution >= 0.6 is 11.8 Å². The Bertz CT molecular complexity index is 638. The molecule has 1 aromatic rings. The summed E-state index contributed by atoms with van der Waals surface area (Å²) in [5.41, 5.74) is 1.70. The number of carbonyl (C=O) groups is 1. The van der Waals surface area contributed by atoms with Gasteiger partial charge in [0.1, 0.15) is 0 Å². The van der Waals surface area contributed by atoms with Crippen molar-refractivity contribution in [1.29, 1.82) is 0 Å². The van der Waals surface area contributed by atoms with Gasteiger partial charge in [0, 0.05) is 19.2 Å². The van der Waals surface area contributed by atoms with E-state index in [1.165, 1.54) is 16.1 Å². The molecule has 1 heterocycles. The van der Waals surface area contributed by atoms with E-state index in [1.807, 2.05) is 36.4 Å². The molecule has 0 N–H and O–H groups in total. The minimum Gasteiger partial charge on any atom is -0.288 e. The Kier molecular flexibility index (Phi) is 5.47. The molecule has 0 spiro atoms. The van der Waals surface area contributed by atoms with E-state index in [9.17, 15) is 13.2 Å². The molecule has 0 unspecified atom stereocenters. The number of benzene rings is 1. The Balaban J connectivity index is 2.01. The summed E-state index contributed by atoms with van der Waals surface area (Å²) in [7, 11) is -3.13. The first-order valence-corrected chi connectivity index (χ1v) is 9.49. The molecule has 114 valence electrons. The highest BCUT2D eigenvalue weighted by Gasteiger charge is 2.28. The minimum atomic E-state index is -3.13. The highest BCUT2D eigenvalue weighted by molar-refractivity contribution is 8.13. The maximum Gasteiger partial charge on any atom is 0.235 e. The second kappa shape index (κ2) is 7.13. The van der Waals surface area contributed by atoms with Gasteiger partial charge in [0.15, 0.2) is 5.12 Å². The number of nitrogens with zero attached hydrogens (tertiary/aromatic N) is 1. The van der Waals surface area contributed by atoms with Gasteiger partial charge in [0.25, 0.3) is 0 Å². The van der Waals surface area contributed by atoms with Gasteiger partial charge in [-0.2, -0.15) is 0 Å². The summed E-state index contributed by atoms with van der Waals surface area (Å²) >= 11 is 1.31. The molecular weight excluding hydrogens is 306 g/mol. The van der Waals surface area contributed by atoms with E-state index in [4.69, 9.17) is 0 Å². The SMILES string of the molecule is CC(=O)SCCC=Cc1cccc(N2CCCS2(=O)=O)c1. The van der Waals surface area contributed by atoms with Crippen molar-refractivity contribution in [3.8, 4) is 0 Å². The zero-order valence-electron chi connectivity index (χ0n) is 12.0. The van der Waals surface area contributed by atoms with E-state index >= 15 is 0 Å². The molecule has 6 heteroatoms. The normalized spacial score (nSPS) is 17.5. The third-order valence-corrected chi connectivity index (χ3v) is 5.87. The van der Waals surface area contributed by atoms with E-state index in [0.29, 0.717) is 13.0 Å². The molecule has 0 aliphatic carbocycles. The lowest BCUT2D eigenvalue weighted by Crippen LogP contribution is -2.24. The average Bonchev–Trinajstić information content (AvgIpc) is 2.78. The summed E-state index contributed by atoms with van der Waals surface area (Å²) in [6.45, 7) is 2.12. The summed E-state index contributed by atoms with van der Waals surface area (Å²) < 4.78 is 25.3. The second-order valence-corrected chi connectivity index (χ2v) is 8.15. The van der Waals surface area contributed by atoms with E-state index < -0.39 is 10.0 Å². The van der Waals surface area contributed by atoms with Crippen LogP contribution in [0.1, 0.15) is 25.3 Å². The lowest BCUT2D eigenvalue weighted by Gasteiger charge is -2.17. The molecule has 0 bridgehead atoms. The second-order valence-electron chi connectivity index (χ2n) is 4.87. The van der Waals surface area contributed by atoms with E-state index in [1.54, 1.807) is 6.92 Å². The molecule has 0 radical (unpaired) electrons. The first-order chi connectivity index (χ1) is 9.99. The Labute approximate surface area is 130 Å². The summed E-state index contributed by atoms with van der Waals surface area (Å²) in [6, 6.07) is 7.53. The van der Waals surface area contributed by atoms with Crippen molar-refractivity contribution in [3.05, 3.63) is 35.9 Å². The smallest absolute Gasteiger partial charge is 0.235 e. The fourth-order valence-electron chi connectivity index (χ4n) is 2.20. The van der Waals surface area contributed by atoms with Gasteiger partial charge < -0.3 is 0 Å². The molecular formula is C15H19NO3S2. The van der Waals surface area contributed by atoms with Crippen LogP contribution in [0, 0.1) is 0 Å². The lowest BCUT2D eigenvalue weighted by atomic mass is 10.2. The number of carbonyl (C=O) groups excluding carboxylic acids is 1. The first-order valence-electron chi connectivity index (χ1n) is 6.89. The Morgan fingerprint density at radius 3 is 2.90 bits per heavy atom. The summed E-state index contributed by atoms with van der Waals surface area (Å²) in [4.78, 5) is 10.8. The number of allylic oxidation sites excluding steroid dienone is 1. The summed E-state index contributed by atoms with van der Waals surface area (Å²) in [5, 5.41) is 0.129. The molecule has 0 aromatic heterocycles. The van der Waals surface area contributed by atoms with Gasteiger partial charge >= 0.3 is 0 Å². The molecule has 1 aromatic carbocycles. The molecule has 4 nitrogen and oxygen atoms in total. The van der Waals surface area contributed by atoms with Gasteiger partial charge in [-0.05, 0) is 30.5 Å². The van der Waals surface area contributed by atoms with Gasteiger partial charge in [-0.25, -0.2) is 8.42 Å². The number of anilines is 1. The van der Waals surface area contributed by atoms with Crippen molar-refractivity contribution in [1.82, 2.24) is 0 Å². The van der Waals surface area contributed by atoms with Crippen LogP contribution in [0.3, 0.4) is 0 Å². The van der Waals surface area contributed by atoms with Gasteiger partial charge in [-0.1, -0.05) is 36.0 Å². The van der Waals surface area contributed by atoms with Crippen molar-refractivity contribution < 1.29 is 13.2 Å². The maximum absolute atomic E-state index is 11.9. The number of hydrogen-bond acceptors (Lipinski definition) is 4. The summed E-state index contributed by atoms with van der Waals surface area (Å²) in [5.74, 6) is 1.00. The molecule has 1 aliphatic rings. The van der Waals surface area contributed by atoms with Gasteiger partial charge in [-0.3, -0.25) is 9.10 Å².